The lowest BCUT2D eigenvalue weighted by Crippen LogP contribution is -2.42. The van der Waals surface area contributed by atoms with Crippen molar-refractivity contribution in [2.24, 2.45) is 0 Å². The van der Waals surface area contributed by atoms with Gasteiger partial charge in [-0.25, -0.2) is 7.50 Å². The third kappa shape index (κ3) is 2.17. The minimum atomic E-state index is -0.116. The molecule has 1 aromatic carbocycles. The van der Waals surface area contributed by atoms with Crippen LogP contribution in [-0.4, -0.2) is 29.3 Å². The Hall–Kier alpha value is -0.360. The minimum Gasteiger partial charge on any atom is -0.367 e. The molecule has 4 heteroatoms. The van der Waals surface area contributed by atoms with E-state index in [1.807, 2.05) is 12.1 Å². The minimum absolute atomic E-state index is 0.116. The van der Waals surface area contributed by atoms with E-state index in [1.54, 1.807) is 6.07 Å². The van der Waals surface area contributed by atoms with E-state index in [4.69, 9.17) is 0 Å². The summed E-state index contributed by atoms with van der Waals surface area (Å²) in [6.07, 6.45) is 0. The van der Waals surface area contributed by atoms with Crippen molar-refractivity contribution in [3.05, 3.63) is 30.1 Å². The second-order valence-corrected chi connectivity index (χ2v) is 4.71. The molecule has 0 saturated carbocycles. The molecule has 76 valence electrons. The fourth-order valence-electron chi connectivity index (χ4n) is 1.63. The van der Waals surface area contributed by atoms with Gasteiger partial charge < -0.3 is 4.90 Å². The Morgan fingerprint density at radius 2 is 1.71 bits per heavy atom. The molecule has 1 aliphatic rings. The summed E-state index contributed by atoms with van der Waals surface area (Å²) >= 11 is 2.31. The molecule has 1 saturated heterocycles. The Morgan fingerprint density at radius 3 is 2.36 bits per heavy atom. The van der Waals surface area contributed by atoms with Crippen LogP contribution in [0.1, 0.15) is 0 Å². The first-order valence-electron chi connectivity index (χ1n) is 4.67. The molecule has 0 aromatic heterocycles. The average molecular weight is 306 g/mol. The number of nitrogens with zero attached hydrogens (tertiary/aromatic N) is 2. The number of benzene rings is 1. The van der Waals surface area contributed by atoms with Crippen LogP contribution in [0.15, 0.2) is 24.3 Å². The third-order valence-corrected chi connectivity index (χ3v) is 3.38. The Bertz CT molecular complexity index is 311. The molecular formula is C10H12FIN2. The topological polar surface area (TPSA) is 6.48 Å². The zero-order chi connectivity index (χ0) is 9.97. The fraction of sp³-hybridized carbons (Fsp3) is 0.400. The molecule has 0 amide bonds. The molecule has 0 unspecified atom stereocenters. The van der Waals surface area contributed by atoms with Crippen molar-refractivity contribution in [3.8, 4) is 0 Å². The van der Waals surface area contributed by atoms with Crippen molar-refractivity contribution in [1.29, 1.82) is 0 Å². The lowest BCUT2D eigenvalue weighted by atomic mass is 10.2. The van der Waals surface area contributed by atoms with Crippen LogP contribution < -0.4 is 4.90 Å². The molecular weight excluding hydrogens is 294 g/mol. The van der Waals surface area contributed by atoms with Crippen molar-refractivity contribution in [2.75, 3.05) is 31.1 Å². The van der Waals surface area contributed by atoms with Crippen LogP contribution in [0.5, 0.6) is 0 Å². The van der Waals surface area contributed by atoms with Gasteiger partial charge in [-0.1, -0.05) is 12.1 Å². The summed E-state index contributed by atoms with van der Waals surface area (Å²) in [7, 11) is 0. The molecule has 1 aromatic rings. The van der Waals surface area contributed by atoms with E-state index in [1.165, 1.54) is 6.07 Å². The number of para-hydroxylation sites is 1. The van der Waals surface area contributed by atoms with E-state index >= 15 is 0 Å². The van der Waals surface area contributed by atoms with Crippen LogP contribution in [0.3, 0.4) is 0 Å². The van der Waals surface area contributed by atoms with Gasteiger partial charge in [0.15, 0.2) is 0 Å². The van der Waals surface area contributed by atoms with Gasteiger partial charge >= 0.3 is 0 Å². The van der Waals surface area contributed by atoms with Crippen LogP contribution in [0.25, 0.3) is 0 Å². The second-order valence-electron chi connectivity index (χ2n) is 3.35. The normalized spacial score (nSPS) is 18.6. The summed E-state index contributed by atoms with van der Waals surface area (Å²) in [6.45, 7) is 3.80. The monoisotopic (exact) mass is 306 g/mol. The van der Waals surface area contributed by atoms with E-state index in [0.29, 0.717) is 0 Å². The predicted octanol–water partition coefficient (Wildman–Crippen LogP) is 2.30. The van der Waals surface area contributed by atoms with E-state index in [0.717, 1.165) is 31.9 Å². The Morgan fingerprint density at radius 1 is 1.07 bits per heavy atom. The number of rotatable bonds is 1. The number of anilines is 1. The van der Waals surface area contributed by atoms with Gasteiger partial charge in [0, 0.05) is 49.0 Å². The predicted molar refractivity (Wildman–Crippen MR) is 64.2 cm³/mol. The molecule has 0 atom stereocenters. The molecule has 0 bridgehead atoms. The number of halogens is 2. The summed E-state index contributed by atoms with van der Waals surface area (Å²) in [5, 5.41) is 0. The van der Waals surface area contributed by atoms with Gasteiger partial charge in [-0.3, -0.25) is 0 Å². The van der Waals surface area contributed by atoms with Gasteiger partial charge in [0.1, 0.15) is 5.82 Å². The molecule has 1 fully saturated rings. The van der Waals surface area contributed by atoms with Crippen molar-refractivity contribution in [2.45, 2.75) is 0 Å². The first-order valence-corrected chi connectivity index (χ1v) is 5.64. The second kappa shape index (κ2) is 4.44. The van der Waals surface area contributed by atoms with Crippen LogP contribution in [-0.2, 0) is 0 Å². The highest BCUT2D eigenvalue weighted by Gasteiger charge is 2.17. The summed E-state index contributed by atoms with van der Waals surface area (Å²) in [4.78, 5) is 2.10. The van der Waals surface area contributed by atoms with E-state index in [2.05, 4.69) is 30.9 Å². The highest BCUT2D eigenvalue weighted by molar-refractivity contribution is 14.1. The van der Waals surface area contributed by atoms with Gasteiger partial charge in [0.05, 0.1) is 5.69 Å². The number of hydrogen-bond donors (Lipinski definition) is 0. The van der Waals surface area contributed by atoms with Crippen molar-refractivity contribution < 1.29 is 4.39 Å². The first kappa shape index (κ1) is 10.2. The largest absolute Gasteiger partial charge is 0.367 e. The van der Waals surface area contributed by atoms with E-state index < -0.39 is 0 Å². The zero-order valence-electron chi connectivity index (χ0n) is 7.79. The maximum Gasteiger partial charge on any atom is 0.146 e. The summed E-state index contributed by atoms with van der Waals surface area (Å²) in [5.74, 6) is -0.116. The molecule has 1 aliphatic heterocycles. The standard InChI is InChI=1S/C10H12FIN2/c11-9-3-1-2-4-10(9)13-5-7-14(12)8-6-13/h1-4H,5-8H2. The molecule has 1 heterocycles. The summed E-state index contributed by atoms with van der Waals surface area (Å²) in [5.41, 5.74) is 0.733. The molecule has 0 spiro atoms. The summed E-state index contributed by atoms with van der Waals surface area (Å²) in [6, 6.07) is 6.98. The highest BCUT2D eigenvalue weighted by atomic mass is 127. The molecule has 0 N–H and O–H groups in total. The van der Waals surface area contributed by atoms with E-state index in [9.17, 15) is 4.39 Å². The zero-order valence-corrected chi connectivity index (χ0v) is 9.95. The Balaban J connectivity index is 2.12. The van der Waals surface area contributed by atoms with Gasteiger partial charge in [-0.05, 0) is 12.1 Å². The third-order valence-electron chi connectivity index (χ3n) is 2.42. The van der Waals surface area contributed by atoms with Crippen molar-refractivity contribution in [1.82, 2.24) is 3.11 Å². The van der Waals surface area contributed by atoms with Crippen LogP contribution in [0.4, 0.5) is 10.1 Å². The van der Waals surface area contributed by atoms with Gasteiger partial charge in [-0.2, -0.15) is 0 Å². The van der Waals surface area contributed by atoms with Gasteiger partial charge in [0.2, 0.25) is 0 Å². The Labute approximate surface area is 97.2 Å². The van der Waals surface area contributed by atoms with Gasteiger partial charge in [-0.15, -0.1) is 0 Å². The lowest BCUT2D eigenvalue weighted by Gasteiger charge is -2.33. The lowest BCUT2D eigenvalue weighted by molar-refractivity contribution is 0.456. The van der Waals surface area contributed by atoms with E-state index in [-0.39, 0.29) is 5.82 Å². The van der Waals surface area contributed by atoms with Crippen molar-refractivity contribution >= 4 is 28.6 Å². The fourth-order valence-corrected chi connectivity index (χ4v) is 2.06. The first-order chi connectivity index (χ1) is 6.77. The smallest absolute Gasteiger partial charge is 0.146 e. The Kier molecular flexibility index (Phi) is 3.22. The molecule has 14 heavy (non-hydrogen) atoms. The van der Waals surface area contributed by atoms with Crippen LogP contribution in [0.2, 0.25) is 0 Å². The van der Waals surface area contributed by atoms with Crippen molar-refractivity contribution in [3.63, 3.8) is 0 Å². The van der Waals surface area contributed by atoms with Crippen LogP contribution >= 0.6 is 22.9 Å². The number of piperazine rings is 1. The molecule has 2 nitrogen and oxygen atoms in total. The molecule has 0 radical (unpaired) electrons. The number of hydrogen-bond acceptors (Lipinski definition) is 2. The molecule has 0 aliphatic carbocycles. The summed E-state index contributed by atoms with van der Waals surface area (Å²) < 4.78 is 15.6. The maximum atomic E-state index is 13.4. The van der Waals surface area contributed by atoms with Crippen LogP contribution in [0, 0.1) is 5.82 Å². The average Bonchev–Trinajstić information content (AvgIpc) is 2.20. The van der Waals surface area contributed by atoms with Gasteiger partial charge in [0.25, 0.3) is 0 Å². The highest BCUT2D eigenvalue weighted by Crippen LogP contribution is 2.20. The molecule has 2 rings (SSSR count). The SMILES string of the molecule is Fc1ccccc1N1CCN(I)CC1. The quantitative estimate of drug-likeness (QED) is 0.580. The maximum absolute atomic E-state index is 13.4.